The molecule has 0 rings (SSSR count). The Morgan fingerprint density at radius 3 is 2.40 bits per heavy atom. The van der Waals surface area contributed by atoms with Crippen molar-refractivity contribution in [2.75, 3.05) is 26.6 Å². The predicted octanol–water partition coefficient (Wildman–Crippen LogP) is 0.772. The van der Waals surface area contributed by atoms with Crippen LogP contribution in [0.2, 0.25) is 0 Å². The van der Waals surface area contributed by atoms with Crippen LogP contribution in [0.1, 0.15) is 13.3 Å². The Morgan fingerprint density at radius 1 is 1.40 bits per heavy atom. The third-order valence-corrected chi connectivity index (χ3v) is 3.37. The number of hydrogen-bond acceptors (Lipinski definition) is 5. The molecule has 1 N–H and O–H groups in total. The van der Waals surface area contributed by atoms with Crippen LogP contribution in [0, 0.1) is 0 Å². The summed E-state index contributed by atoms with van der Waals surface area (Å²) in [5, 5.41) is 9.02. The molecule has 0 aromatic carbocycles. The monoisotopic (exact) mass is 236 g/mol. The summed E-state index contributed by atoms with van der Waals surface area (Å²) in [6.45, 7) is 1.92. The molecule has 15 heavy (non-hydrogen) atoms. The minimum absolute atomic E-state index is 0.0308. The zero-order valence-electron chi connectivity index (χ0n) is 9.11. The molecular weight excluding hydrogens is 220 g/mol. The number of carboxylic acids is 1. The number of carboxylic acid groups (broad SMARTS) is 1. The summed E-state index contributed by atoms with van der Waals surface area (Å²) in [6.07, 6.45) is 0.348. The van der Waals surface area contributed by atoms with Crippen LogP contribution < -0.4 is 0 Å². The van der Waals surface area contributed by atoms with E-state index in [0.717, 1.165) is 11.8 Å². The number of thioether (sulfide) groups is 1. The molecule has 0 aromatic rings. The van der Waals surface area contributed by atoms with Gasteiger partial charge in [0, 0.05) is 13.7 Å². The molecule has 0 fully saturated rings. The van der Waals surface area contributed by atoms with E-state index in [2.05, 4.69) is 4.74 Å². The van der Waals surface area contributed by atoms with E-state index in [1.807, 2.05) is 0 Å². The van der Waals surface area contributed by atoms with Crippen molar-refractivity contribution in [2.24, 2.45) is 0 Å². The van der Waals surface area contributed by atoms with Crippen LogP contribution in [0.4, 0.5) is 0 Å². The topological polar surface area (TPSA) is 72.8 Å². The Labute approximate surface area is 93.1 Å². The van der Waals surface area contributed by atoms with E-state index in [-0.39, 0.29) is 5.75 Å². The zero-order chi connectivity index (χ0) is 11.9. The lowest BCUT2D eigenvalue weighted by atomic mass is 10.1. The van der Waals surface area contributed by atoms with E-state index in [9.17, 15) is 9.59 Å². The van der Waals surface area contributed by atoms with Crippen LogP contribution in [-0.4, -0.2) is 48.4 Å². The van der Waals surface area contributed by atoms with E-state index >= 15 is 0 Å². The van der Waals surface area contributed by atoms with Crippen LogP contribution in [0.3, 0.4) is 0 Å². The number of esters is 1. The number of carbonyl (C=O) groups is 2. The Bertz CT molecular complexity index is 231. The highest BCUT2D eigenvalue weighted by Crippen LogP contribution is 2.29. The predicted molar refractivity (Wildman–Crippen MR) is 57.0 cm³/mol. The molecule has 0 bridgehead atoms. The number of methoxy groups -OCH3 is 2. The Morgan fingerprint density at radius 2 is 2.00 bits per heavy atom. The summed E-state index contributed by atoms with van der Waals surface area (Å²) >= 11 is 1.05. The van der Waals surface area contributed by atoms with Gasteiger partial charge in [0.1, 0.15) is 4.75 Å². The van der Waals surface area contributed by atoms with Gasteiger partial charge in [-0.05, 0) is 13.3 Å². The molecule has 0 aliphatic heterocycles. The van der Waals surface area contributed by atoms with Crippen molar-refractivity contribution in [3.8, 4) is 0 Å². The lowest BCUT2D eigenvalue weighted by Gasteiger charge is -2.23. The van der Waals surface area contributed by atoms with Crippen LogP contribution in [-0.2, 0) is 19.1 Å². The Hall–Kier alpha value is -0.750. The molecule has 6 heteroatoms. The molecule has 88 valence electrons. The van der Waals surface area contributed by atoms with Crippen molar-refractivity contribution < 1.29 is 24.2 Å². The van der Waals surface area contributed by atoms with Crippen LogP contribution >= 0.6 is 11.8 Å². The first-order valence-corrected chi connectivity index (χ1v) is 5.38. The second-order valence-electron chi connectivity index (χ2n) is 3.14. The molecule has 0 spiro atoms. The van der Waals surface area contributed by atoms with Crippen molar-refractivity contribution in [1.29, 1.82) is 0 Å². The number of aliphatic carboxylic acids is 1. The van der Waals surface area contributed by atoms with Crippen molar-refractivity contribution in [3.05, 3.63) is 0 Å². The first-order valence-electron chi connectivity index (χ1n) is 4.39. The first-order chi connectivity index (χ1) is 6.96. The highest BCUT2D eigenvalue weighted by atomic mass is 32.2. The maximum Gasteiger partial charge on any atom is 0.319 e. The third kappa shape index (κ3) is 5.03. The van der Waals surface area contributed by atoms with E-state index in [1.165, 1.54) is 14.2 Å². The van der Waals surface area contributed by atoms with Crippen molar-refractivity contribution in [2.45, 2.75) is 18.1 Å². The van der Waals surface area contributed by atoms with Crippen molar-refractivity contribution >= 4 is 23.7 Å². The van der Waals surface area contributed by atoms with Gasteiger partial charge in [-0.1, -0.05) is 0 Å². The van der Waals surface area contributed by atoms with Gasteiger partial charge in [-0.25, -0.2) is 0 Å². The zero-order valence-corrected chi connectivity index (χ0v) is 9.93. The molecule has 0 radical (unpaired) electrons. The molecule has 0 aromatic heterocycles. The lowest BCUT2D eigenvalue weighted by molar-refractivity contribution is -0.139. The quantitative estimate of drug-likeness (QED) is 0.658. The number of rotatable bonds is 7. The van der Waals surface area contributed by atoms with E-state index in [4.69, 9.17) is 9.84 Å². The van der Waals surface area contributed by atoms with Gasteiger partial charge in [0.15, 0.2) is 0 Å². The summed E-state index contributed by atoms with van der Waals surface area (Å²) < 4.78 is 8.26. The number of hydrogen-bond donors (Lipinski definition) is 1. The smallest absolute Gasteiger partial charge is 0.319 e. The van der Waals surface area contributed by atoms with Crippen LogP contribution in [0.5, 0.6) is 0 Å². The standard InChI is InChI=1S/C9H16O5S/c1-9(8(11)12,4-5-13-2)15-6-7(10)14-3/h4-6H2,1-3H3,(H,11,12). The Balaban J connectivity index is 4.25. The van der Waals surface area contributed by atoms with Crippen molar-refractivity contribution in [1.82, 2.24) is 0 Å². The maximum atomic E-state index is 11.0. The van der Waals surface area contributed by atoms with Crippen LogP contribution in [0.25, 0.3) is 0 Å². The van der Waals surface area contributed by atoms with Gasteiger partial charge in [-0.3, -0.25) is 9.59 Å². The average Bonchev–Trinajstić information content (AvgIpc) is 2.22. The van der Waals surface area contributed by atoms with Gasteiger partial charge >= 0.3 is 11.9 Å². The highest BCUT2D eigenvalue weighted by Gasteiger charge is 2.34. The SMILES string of the molecule is COCCC(C)(SCC(=O)OC)C(=O)O. The third-order valence-electron chi connectivity index (χ3n) is 1.97. The maximum absolute atomic E-state index is 11.0. The number of carbonyl (C=O) groups excluding carboxylic acids is 1. The van der Waals surface area contributed by atoms with E-state index in [1.54, 1.807) is 6.92 Å². The fourth-order valence-corrected chi connectivity index (χ4v) is 1.72. The molecule has 1 atom stereocenters. The fraction of sp³-hybridized carbons (Fsp3) is 0.778. The molecule has 0 saturated carbocycles. The minimum atomic E-state index is -1.01. The van der Waals surface area contributed by atoms with Gasteiger partial charge < -0.3 is 14.6 Å². The van der Waals surface area contributed by atoms with Crippen molar-refractivity contribution in [3.63, 3.8) is 0 Å². The molecule has 0 saturated heterocycles. The fourth-order valence-electron chi connectivity index (χ4n) is 0.815. The molecule has 0 aliphatic carbocycles. The molecule has 0 amide bonds. The van der Waals surface area contributed by atoms with Crippen LogP contribution in [0.15, 0.2) is 0 Å². The van der Waals surface area contributed by atoms with Gasteiger partial charge in [-0.2, -0.15) is 0 Å². The van der Waals surface area contributed by atoms with E-state index < -0.39 is 16.7 Å². The lowest BCUT2D eigenvalue weighted by Crippen LogP contribution is -2.34. The molecular formula is C9H16O5S. The number of ether oxygens (including phenoxy) is 2. The molecule has 0 heterocycles. The van der Waals surface area contributed by atoms with Gasteiger partial charge in [0.25, 0.3) is 0 Å². The molecule has 5 nitrogen and oxygen atoms in total. The largest absolute Gasteiger partial charge is 0.480 e. The second kappa shape index (κ2) is 6.68. The van der Waals surface area contributed by atoms with Gasteiger partial charge in [-0.15, -0.1) is 11.8 Å². The normalized spacial score (nSPS) is 14.3. The first kappa shape index (κ1) is 14.2. The Kier molecular flexibility index (Phi) is 6.35. The molecule has 1 unspecified atom stereocenters. The van der Waals surface area contributed by atoms with Gasteiger partial charge in [0.05, 0.1) is 12.9 Å². The summed E-state index contributed by atoms with van der Waals surface area (Å²) in [5.41, 5.74) is 0. The summed E-state index contributed by atoms with van der Waals surface area (Å²) in [5.74, 6) is -1.35. The molecule has 0 aliphatic rings. The van der Waals surface area contributed by atoms with Gasteiger partial charge in [0.2, 0.25) is 0 Å². The second-order valence-corrected chi connectivity index (χ2v) is 4.62. The average molecular weight is 236 g/mol. The van der Waals surface area contributed by atoms with E-state index in [0.29, 0.717) is 13.0 Å². The highest BCUT2D eigenvalue weighted by molar-refractivity contribution is 8.02. The minimum Gasteiger partial charge on any atom is -0.480 e. The summed E-state index contributed by atoms with van der Waals surface area (Å²) in [6, 6.07) is 0. The summed E-state index contributed by atoms with van der Waals surface area (Å²) in [7, 11) is 2.78. The summed E-state index contributed by atoms with van der Waals surface area (Å²) in [4.78, 5) is 21.9.